The van der Waals surface area contributed by atoms with E-state index >= 15 is 0 Å². The van der Waals surface area contributed by atoms with Crippen LogP contribution in [0, 0.1) is 0 Å². The van der Waals surface area contributed by atoms with Gasteiger partial charge in [0.1, 0.15) is 17.9 Å². The zero-order valence-corrected chi connectivity index (χ0v) is 16.7. The van der Waals surface area contributed by atoms with E-state index in [9.17, 15) is 9.59 Å². The molecule has 2 saturated heterocycles. The molecule has 7 nitrogen and oxygen atoms in total. The van der Waals surface area contributed by atoms with E-state index in [1.807, 2.05) is 30.3 Å². The fraction of sp³-hybridized carbons (Fsp3) is 0.391. The number of amides is 2. The van der Waals surface area contributed by atoms with Crippen molar-refractivity contribution >= 4 is 33.6 Å². The standard InChI is InChI=1S/C23H24N2O5/c26-21-6-4-18(23(27)24-21)19-14-30-20-5-1-15-13-16(2-3-17(15)22(19)20)29-12-9-25-7-10-28-11-8-25/h1-3,5,13-14,18H,4,6-12H2,(H,24,26,27)/t18-/m1/s1. The van der Waals surface area contributed by atoms with Crippen molar-refractivity contribution in [1.82, 2.24) is 10.2 Å². The summed E-state index contributed by atoms with van der Waals surface area (Å²) < 4.78 is 17.1. The number of nitrogens with one attached hydrogen (secondary N) is 1. The number of imide groups is 1. The first kappa shape index (κ1) is 19.1. The molecule has 156 valence electrons. The van der Waals surface area contributed by atoms with E-state index < -0.39 is 0 Å². The fourth-order valence-corrected chi connectivity index (χ4v) is 4.32. The van der Waals surface area contributed by atoms with E-state index in [0.717, 1.165) is 65.9 Å². The lowest BCUT2D eigenvalue weighted by molar-refractivity contribution is -0.134. The number of morpholine rings is 1. The number of rotatable bonds is 5. The van der Waals surface area contributed by atoms with Gasteiger partial charge in [-0.2, -0.15) is 0 Å². The summed E-state index contributed by atoms with van der Waals surface area (Å²) >= 11 is 0. The molecule has 1 N–H and O–H groups in total. The monoisotopic (exact) mass is 408 g/mol. The normalized spacial score (nSPS) is 20.6. The van der Waals surface area contributed by atoms with Crippen molar-refractivity contribution in [2.45, 2.75) is 18.8 Å². The Labute approximate surface area is 173 Å². The molecule has 2 aliphatic rings. The van der Waals surface area contributed by atoms with Crippen molar-refractivity contribution in [2.24, 2.45) is 0 Å². The van der Waals surface area contributed by atoms with Crippen LogP contribution < -0.4 is 10.1 Å². The SMILES string of the molecule is O=C1CC[C@H](c2coc3ccc4cc(OCCN5CCOCC5)ccc4c23)C(=O)N1. The van der Waals surface area contributed by atoms with Gasteiger partial charge in [0.05, 0.1) is 25.4 Å². The van der Waals surface area contributed by atoms with Crippen LogP contribution in [-0.4, -0.2) is 56.2 Å². The van der Waals surface area contributed by atoms with Gasteiger partial charge in [-0.05, 0) is 41.5 Å². The summed E-state index contributed by atoms with van der Waals surface area (Å²) in [5.41, 5.74) is 1.57. The summed E-state index contributed by atoms with van der Waals surface area (Å²) in [6.07, 6.45) is 2.49. The van der Waals surface area contributed by atoms with Crippen LogP contribution in [0.5, 0.6) is 5.75 Å². The van der Waals surface area contributed by atoms with E-state index in [2.05, 4.69) is 10.2 Å². The van der Waals surface area contributed by atoms with Gasteiger partial charge in [-0.25, -0.2) is 0 Å². The number of carbonyl (C=O) groups excluding carboxylic acids is 2. The Hall–Kier alpha value is -2.90. The zero-order valence-electron chi connectivity index (χ0n) is 16.7. The minimum atomic E-state index is -0.376. The Morgan fingerprint density at radius 1 is 1.13 bits per heavy atom. The lowest BCUT2D eigenvalue weighted by Crippen LogP contribution is -2.39. The van der Waals surface area contributed by atoms with E-state index in [1.165, 1.54) is 0 Å². The molecule has 0 saturated carbocycles. The van der Waals surface area contributed by atoms with Gasteiger partial charge in [0.2, 0.25) is 11.8 Å². The average Bonchev–Trinajstić information content (AvgIpc) is 3.19. The lowest BCUT2D eigenvalue weighted by atomic mass is 9.89. The maximum absolute atomic E-state index is 12.4. The van der Waals surface area contributed by atoms with Gasteiger partial charge in [-0.1, -0.05) is 6.07 Å². The zero-order chi connectivity index (χ0) is 20.5. The van der Waals surface area contributed by atoms with Crippen molar-refractivity contribution in [3.05, 3.63) is 42.2 Å². The molecule has 0 unspecified atom stereocenters. The van der Waals surface area contributed by atoms with Crippen LogP contribution in [0.3, 0.4) is 0 Å². The van der Waals surface area contributed by atoms with Gasteiger partial charge in [0.25, 0.3) is 0 Å². The van der Waals surface area contributed by atoms with Crippen molar-refractivity contribution in [1.29, 1.82) is 0 Å². The quantitative estimate of drug-likeness (QED) is 0.654. The number of ether oxygens (including phenoxy) is 2. The van der Waals surface area contributed by atoms with E-state index in [0.29, 0.717) is 19.4 Å². The lowest BCUT2D eigenvalue weighted by Gasteiger charge is -2.26. The minimum absolute atomic E-state index is 0.215. The molecule has 0 aliphatic carbocycles. The fourth-order valence-electron chi connectivity index (χ4n) is 4.32. The first-order chi connectivity index (χ1) is 14.7. The molecule has 7 heteroatoms. The maximum atomic E-state index is 12.4. The summed E-state index contributed by atoms with van der Waals surface area (Å²) in [6.45, 7) is 4.96. The molecule has 0 spiro atoms. The van der Waals surface area contributed by atoms with Crippen LogP contribution in [0.4, 0.5) is 0 Å². The van der Waals surface area contributed by atoms with Crippen LogP contribution in [0.15, 0.2) is 41.0 Å². The minimum Gasteiger partial charge on any atom is -0.492 e. The molecule has 1 atom stereocenters. The number of fused-ring (bicyclic) bond motifs is 3. The molecular formula is C23H24N2O5. The molecule has 2 aromatic carbocycles. The van der Waals surface area contributed by atoms with Gasteiger partial charge in [-0.15, -0.1) is 0 Å². The van der Waals surface area contributed by atoms with Crippen LogP contribution >= 0.6 is 0 Å². The molecule has 5 rings (SSSR count). The number of benzene rings is 2. The number of furan rings is 1. The summed E-state index contributed by atoms with van der Waals surface area (Å²) in [5.74, 6) is -0.0260. The summed E-state index contributed by atoms with van der Waals surface area (Å²) in [4.78, 5) is 26.2. The van der Waals surface area contributed by atoms with Crippen LogP contribution in [-0.2, 0) is 14.3 Å². The Morgan fingerprint density at radius 2 is 2.00 bits per heavy atom. The molecule has 2 amide bonds. The smallest absolute Gasteiger partial charge is 0.234 e. The van der Waals surface area contributed by atoms with Gasteiger partial charge in [-0.3, -0.25) is 19.8 Å². The van der Waals surface area contributed by atoms with Gasteiger partial charge < -0.3 is 13.9 Å². The molecule has 0 radical (unpaired) electrons. The highest BCUT2D eigenvalue weighted by molar-refractivity contribution is 6.10. The molecule has 3 aromatic rings. The van der Waals surface area contributed by atoms with E-state index in [4.69, 9.17) is 13.9 Å². The summed E-state index contributed by atoms with van der Waals surface area (Å²) in [5, 5.41) is 5.41. The topological polar surface area (TPSA) is 81.0 Å². The second-order valence-electron chi connectivity index (χ2n) is 7.82. The van der Waals surface area contributed by atoms with Crippen molar-refractivity contribution < 1.29 is 23.5 Å². The van der Waals surface area contributed by atoms with E-state index in [-0.39, 0.29) is 17.7 Å². The van der Waals surface area contributed by atoms with Crippen molar-refractivity contribution in [2.75, 3.05) is 39.5 Å². The second-order valence-corrected chi connectivity index (χ2v) is 7.82. The number of carbonyl (C=O) groups is 2. The highest BCUT2D eigenvalue weighted by Gasteiger charge is 2.31. The third-order valence-corrected chi connectivity index (χ3v) is 5.95. The number of hydrogen-bond acceptors (Lipinski definition) is 6. The van der Waals surface area contributed by atoms with E-state index in [1.54, 1.807) is 6.26 Å². The van der Waals surface area contributed by atoms with Gasteiger partial charge in [0, 0.05) is 37.0 Å². The first-order valence-electron chi connectivity index (χ1n) is 10.4. The van der Waals surface area contributed by atoms with Gasteiger partial charge >= 0.3 is 0 Å². The Morgan fingerprint density at radius 3 is 2.83 bits per heavy atom. The number of nitrogens with zero attached hydrogens (tertiary/aromatic N) is 1. The molecular weight excluding hydrogens is 384 g/mol. The van der Waals surface area contributed by atoms with Crippen LogP contribution in [0.1, 0.15) is 24.3 Å². The van der Waals surface area contributed by atoms with Crippen molar-refractivity contribution in [3.63, 3.8) is 0 Å². The van der Waals surface area contributed by atoms with Gasteiger partial charge in [0.15, 0.2) is 0 Å². The molecule has 2 fully saturated rings. The summed E-state index contributed by atoms with van der Waals surface area (Å²) in [6, 6.07) is 9.93. The molecule has 2 aliphatic heterocycles. The first-order valence-corrected chi connectivity index (χ1v) is 10.4. The third-order valence-electron chi connectivity index (χ3n) is 5.95. The second kappa shape index (κ2) is 8.08. The van der Waals surface area contributed by atoms with Crippen molar-refractivity contribution in [3.8, 4) is 5.75 Å². The predicted molar refractivity (Wildman–Crippen MR) is 112 cm³/mol. The third kappa shape index (κ3) is 3.66. The number of hydrogen-bond donors (Lipinski definition) is 1. The van der Waals surface area contributed by atoms with Crippen LogP contribution in [0.25, 0.3) is 21.7 Å². The highest BCUT2D eigenvalue weighted by atomic mass is 16.5. The Bertz CT molecular complexity index is 1100. The molecule has 3 heterocycles. The largest absolute Gasteiger partial charge is 0.492 e. The molecule has 1 aromatic heterocycles. The molecule has 30 heavy (non-hydrogen) atoms. The maximum Gasteiger partial charge on any atom is 0.234 e. The average molecular weight is 408 g/mol. The molecule has 0 bridgehead atoms. The Kier molecular flexibility index (Phi) is 5.14. The predicted octanol–water partition coefficient (Wildman–Crippen LogP) is 2.82. The van der Waals surface area contributed by atoms with Crippen LogP contribution in [0.2, 0.25) is 0 Å². The Balaban J connectivity index is 1.39. The number of piperidine rings is 1. The highest BCUT2D eigenvalue weighted by Crippen LogP contribution is 2.37. The summed E-state index contributed by atoms with van der Waals surface area (Å²) in [7, 11) is 0.